The predicted octanol–water partition coefficient (Wildman–Crippen LogP) is 0.400. The second-order valence-corrected chi connectivity index (χ2v) is 2.73. The first-order chi connectivity index (χ1) is 7.31. The molecule has 1 heterocycles. The molecule has 0 atom stereocenters. The SMILES string of the molecule is O=C(NCC(F)(F)F)c1nc[nH]c1C(=O)O. The van der Waals surface area contributed by atoms with Crippen molar-refractivity contribution < 1.29 is 27.9 Å². The van der Waals surface area contributed by atoms with E-state index in [-0.39, 0.29) is 0 Å². The topological polar surface area (TPSA) is 95.1 Å². The van der Waals surface area contributed by atoms with E-state index in [4.69, 9.17) is 5.11 Å². The van der Waals surface area contributed by atoms with E-state index in [1.54, 1.807) is 0 Å². The number of nitrogens with one attached hydrogen (secondary N) is 2. The summed E-state index contributed by atoms with van der Waals surface area (Å²) in [7, 11) is 0. The molecule has 1 rings (SSSR count). The van der Waals surface area contributed by atoms with Crippen molar-refractivity contribution in [2.45, 2.75) is 6.18 Å². The van der Waals surface area contributed by atoms with Gasteiger partial charge in [0.05, 0.1) is 6.33 Å². The van der Waals surface area contributed by atoms with Gasteiger partial charge < -0.3 is 15.4 Å². The van der Waals surface area contributed by atoms with Crippen LogP contribution in [-0.2, 0) is 0 Å². The number of aromatic carboxylic acids is 1. The highest BCUT2D eigenvalue weighted by Crippen LogP contribution is 2.12. The summed E-state index contributed by atoms with van der Waals surface area (Å²) in [6, 6.07) is 0. The van der Waals surface area contributed by atoms with E-state index in [1.807, 2.05) is 0 Å². The molecule has 1 aromatic heterocycles. The van der Waals surface area contributed by atoms with Gasteiger partial charge in [-0.25, -0.2) is 9.78 Å². The molecule has 0 spiro atoms. The fourth-order valence-electron chi connectivity index (χ4n) is 0.894. The van der Waals surface area contributed by atoms with Crippen molar-refractivity contribution in [3.05, 3.63) is 17.7 Å². The van der Waals surface area contributed by atoms with Crippen LogP contribution in [0.5, 0.6) is 0 Å². The van der Waals surface area contributed by atoms with Gasteiger partial charge in [0.25, 0.3) is 5.91 Å². The number of carboxylic acids is 1. The minimum atomic E-state index is -4.56. The lowest BCUT2D eigenvalue weighted by molar-refractivity contribution is -0.123. The van der Waals surface area contributed by atoms with Crippen LogP contribution in [0.1, 0.15) is 21.0 Å². The smallest absolute Gasteiger partial charge is 0.405 e. The lowest BCUT2D eigenvalue weighted by atomic mass is 10.3. The number of imidazole rings is 1. The van der Waals surface area contributed by atoms with Crippen LogP contribution in [0.15, 0.2) is 6.33 Å². The molecule has 0 aliphatic heterocycles. The second kappa shape index (κ2) is 4.21. The molecule has 0 bridgehead atoms. The zero-order valence-corrected chi connectivity index (χ0v) is 7.63. The molecule has 1 aromatic rings. The fraction of sp³-hybridized carbons (Fsp3) is 0.286. The molecule has 88 valence electrons. The number of hydrogen-bond acceptors (Lipinski definition) is 3. The van der Waals surface area contributed by atoms with Gasteiger partial charge in [-0.1, -0.05) is 0 Å². The maximum atomic E-state index is 11.8. The van der Waals surface area contributed by atoms with E-state index >= 15 is 0 Å². The Labute approximate surface area is 86.5 Å². The average molecular weight is 237 g/mol. The van der Waals surface area contributed by atoms with Crippen molar-refractivity contribution in [3.8, 4) is 0 Å². The van der Waals surface area contributed by atoms with Crippen molar-refractivity contribution in [2.24, 2.45) is 0 Å². The van der Waals surface area contributed by atoms with Crippen LogP contribution >= 0.6 is 0 Å². The summed E-state index contributed by atoms with van der Waals surface area (Å²) < 4.78 is 35.3. The summed E-state index contributed by atoms with van der Waals surface area (Å²) in [5, 5.41) is 10.1. The quantitative estimate of drug-likeness (QED) is 0.709. The van der Waals surface area contributed by atoms with E-state index in [0.717, 1.165) is 6.33 Å². The van der Waals surface area contributed by atoms with Gasteiger partial charge in [0.15, 0.2) is 11.4 Å². The second-order valence-electron chi connectivity index (χ2n) is 2.73. The number of rotatable bonds is 3. The number of alkyl halides is 3. The number of carbonyl (C=O) groups is 2. The summed E-state index contributed by atoms with van der Waals surface area (Å²) in [5.41, 5.74) is -1.14. The van der Waals surface area contributed by atoms with Gasteiger partial charge in [0.2, 0.25) is 0 Å². The lowest BCUT2D eigenvalue weighted by Crippen LogP contribution is -2.34. The average Bonchev–Trinajstić information content (AvgIpc) is 2.61. The summed E-state index contributed by atoms with van der Waals surface area (Å²) in [4.78, 5) is 27.1. The monoisotopic (exact) mass is 237 g/mol. The third-order valence-electron chi connectivity index (χ3n) is 1.52. The van der Waals surface area contributed by atoms with Crippen molar-refractivity contribution in [3.63, 3.8) is 0 Å². The van der Waals surface area contributed by atoms with Crippen LogP contribution in [0.4, 0.5) is 13.2 Å². The van der Waals surface area contributed by atoms with Crippen molar-refractivity contribution in [2.75, 3.05) is 6.54 Å². The van der Waals surface area contributed by atoms with E-state index in [1.165, 1.54) is 5.32 Å². The highest BCUT2D eigenvalue weighted by Gasteiger charge is 2.29. The van der Waals surface area contributed by atoms with E-state index in [0.29, 0.717) is 0 Å². The summed E-state index contributed by atoms with van der Waals surface area (Å²) >= 11 is 0. The van der Waals surface area contributed by atoms with Crippen LogP contribution in [0.25, 0.3) is 0 Å². The molecule has 0 aromatic carbocycles. The van der Waals surface area contributed by atoms with Gasteiger partial charge in [-0.3, -0.25) is 4.79 Å². The van der Waals surface area contributed by atoms with Crippen molar-refractivity contribution >= 4 is 11.9 Å². The first-order valence-corrected chi connectivity index (χ1v) is 3.93. The number of amides is 1. The van der Waals surface area contributed by atoms with Crippen LogP contribution in [-0.4, -0.2) is 39.7 Å². The number of aromatic nitrogens is 2. The number of nitrogens with zero attached hydrogens (tertiary/aromatic N) is 1. The molecular weight excluding hydrogens is 231 g/mol. The Morgan fingerprint density at radius 2 is 2.12 bits per heavy atom. The molecule has 1 amide bonds. The molecule has 0 aliphatic rings. The molecular formula is C7H6F3N3O3. The molecule has 0 aliphatic carbocycles. The summed E-state index contributed by atoms with van der Waals surface area (Å²) in [6.07, 6.45) is -3.65. The third-order valence-corrected chi connectivity index (χ3v) is 1.52. The number of carbonyl (C=O) groups excluding carboxylic acids is 1. The van der Waals surface area contributed by atoms with E-state index in [2.05, 4.69) is 9.97 Å². The van der Waals surface area contributed by atoms with Crippen LogP contribution in [0, 0.1) is 0 Å². The standard InChI is InChI=1S/C7H6F3N3O3/c8-7(9,10)1-11-5(14)3-4(6(15)16)13-2-12-3/h2H,1H2,(H,11,14)(H,12,13)(H,15,16). The van der Waals surface area contributed by atoms with Gasteiger partial charge in [-0.05, 0) is 0 Å². The molecule has 0 saturated heterocycles. The number of H-pyrrole nitrogens is 1. The van der Waals surface area contributed by atoms with Gasteiger partial charge in [0, 0.05) is 0 Å². The Hall–Kier alpha value is -2.06. The van der Waals surface area contributed by atoms with E-state index < -0.39 is 36.0 Å². The lowest BCUT2D eigenvalue weighted by Gasteiger charge is -2.06. The number of carboxylic acid groups (broad SMARTS) is 1. The third kappa shape index (κ3) is 2.97. The Morgan fingerprint density at radius 3 is 2.62 bits per heavy atom. The van der Waals surface area contributed by atoms with Gasteiger partial charge in [-0.2, -0.15) is 13.2 Å². The van der Waals surface area contributed by atoms with Crippen LogP contribution in [0.3, 0.4) is 0 Å². The largest absolute Gasteiger partial charge is 0.477 e. The minimum Gasteiger partial charge on any atom is -0.477 e. The van der Waals surface area contributed by atoms with Gasteiger partial charge >= 0.3 is 12.1 Å². The summed E-state index contributed by atoms with van der Waals surface area (Å²) in [5.74, 6) is -2.68. The molecule has 0 saturated carbocycles. The highest BCUT2D eigenvalue weighted by atomic mass is 19.4. The summed E-state index contributed by atoms with van der Waals surface area (Å²) in [6.45, 7) is -1.54. The van der Waals surface area contributed by atoms with Gasteiger partial charge in [-0.15, -0.1) is 0 Å². The molecule has 3 N–H and O–H groups in total. The predicted molar refractivity (Wildman–Crippen MR) is 43.9 cm³/mol. The molecule has 0 fully saturated rings. The zero-order chi connectivity index (χ0) is 12.3. The molecule has 0 radical (unpaired) electrons. The van der Waals surface area contributed by atoms with Crippen molar-refractivity contribution in [1.82, 2.24) is 15.3 Å². The Kier molecular flexibility index (Phi) is 3.16. The molecule has 9 heteroatoms. The first-order valence-electron chi connectivity index (χ1n) is 3.93. The maximum absolute atomic E-state index is 11.8. The highest BCUT2D eigenvalue weighted by molar-refractivity contribution is 6.02. The van der Waals surface area contributed by atoms with Crippen LogP contribution in [0.2, 0.25) is 0 Å². The zero-order valence-electron chi connectivity index (χ0n) is 7.63. The Bertz CT molecular complexity index is 412. The van der Waals surface area contributed by atoms with Gasteiger partial charge in [0.1, 0.15) is 6.54 Å². The Balaban J connectivity index is 2.74. The number of halogens is 3. The normalized spacial score (nSPS) is 11.2. The number of aromatic amines is 1. The van der Waals surface area contributed by atoms with Crippen LogP contribution < -0.4 is 5.32 Å². The first kappa shape index (κ1) is 12.0. The van der Waals surface area contributed by atoms with E-state index in [9.17, 15) is 22.8 Å². The number of hydrogen-bond donors (Lipinski definition) is 3. The molecule has 6 nitrogen and oxygen atoms in total. The Morgan fingerprint density at radius 1 is 1.50 bits per heavy atom. The minimum absolute atomic E-state index is 0.556. The fourth-order valence-corrected chi connectivity index (χ4v) is 0.894. The maximum Gasteiger partial charge on any atom is 0.405 e. The molecule has 16 heavy (non-hydrogen) atoms. The van der Waals surface area contributed by atoms with Crippen molar-refractivity contribution in [1.29, 1.82) is 0 Å². The molecule has 0 unspecified atom stereocenters.